The zero-order valence-corrected chi connectivity index (χ0v) is 8.62. The number of halogens is 1. The van der Waals surface area contributed by atoms with Crippen LogP contribution in [0, 0.1) is 0 Å². The molecule has 0 heterocycles. The molecule has 0 aromatic heterocycles. The second-order valence-electron chi connectivity index (χ2n) is 2.95. The average molecular weight is 214 g/mol. The fraction of sp³-hybridized carbons (Fsp3) is 0.300. The highest BCUT2D eigenvalue weighted by molar-refractivity contribution is 6.30. The van der Waals surface area contributed by atoms with E-state index in [0.29, 0.717) is 11.4 Å². The van der Waals surface area contributed by atoms with Crippen molar-refractivity contribution in [3.05, 3.63) is 34.9 Å². The van der Waals surface area contributed by atoms with Crippen molar-refractivity contribution in [2.45, 2.75) is 19.3 Å². The summed E-state index contributed by atoms with van der Waals surface area (Å²) in [6.45, 7) is 1.90. The lowest BCUT2D eigenvalue weighted by Crippen LogP contribution is -2.18. The van der Waals surface area contributed by atoms with Crippen LogP contribution < -0.4 is 5.90 Å². The number of rotatable bonds is 3. The van der Waals surface area contributed by atoms with Gasteiger partial charge in [-0.25, -0.2) is 4.79 Å². The smallest absolute Gasteiger partial charge is 0.331 e. The molecule has 0 saturated heterocycles. The van der Waals surface area contributed by atoms with Gasteiger partial charge in [0.2, 0.25) is 0 Å². The molecule has 0 aliphatic carbocycles. The van der Waals surface area contributed by atoms with Crippen LogP contribution in [0.25, 0.3) is 0 Å². The molecule has 0 aliphatic heterocycles. The van der Waals surface area contributed by atoms with E-state index < -0.39 is 5.97 Å². The lowest BCUT2D eigenvalue weighted by molar-refractivity contribution is -0.146. The fourth-order valence-corrected chi connectivity index (χ4v) is 1.44. The summed E-state index contributed by atoms with van der Waals surface area (Å²) in [7, 11) is 0. The molecule has 0 saturated carbocycles. The molecular weight excluding hydrogens is 202 g/mol. The predicted molar refractivity (Wildman–Crippen MR) is 54.8 cm³/mol. The van der Waals surface area contributed by atoms with Gasteiger partial charge in [-0.1, -0.05) is 30.7 Å². The van der Waals surface area contributed by atoms with E-state index in [0.717, 1.165) is 5.56 Å². The van der Waals surface area contributed by atoms with Gasteiger partial charge in [-0.15, -0.1) is 0 Å². The van der Waals surface area contributed by atoms with Crippen LogP contribution in [0.4, 0.5) is 0 Å². The highest BCUT2D eigenvalue weighted by Gasteiger charge is 2.19. The predicted octanol–water partition coefficient (Wildman–Crippen LogP) is 2.25. The maximum absolute atomic E-state index is 11.2. The van der Waals surface area contributed by atoms with E-state index in [4.69, 9.17) is 17.5 Å². The molecule has 0 spiro atoms. The first-order valence-electron chi connectivity index (χ1n) is 4.35. The van der Waals surface area contributed by atoms with Crippen molar-refractivity contribution >= 4 is 17.6 Å². The second kappa shape index (κ2) is 4.98. The Morgan fingerprint density at radius 1 is 1.50 bits per heavy atom. The first-order valence-corrected chi connectivity index (χ1v) is 4.72. The molecule has 1 atom stereocenters. The van der Waals surface area contributed by atoms with E-state index in [1.165, 1.54) is 0 Å². The molecule has 3 nitrogen and oxygen atoms in total. The Morgan fingerprint density at radius 3 is 2.50 bits per heavy atom. The molecule has 0 aliphatic rings. The van der Waals surface area contributed by atoms with Crippen LogP contribution in [0.5, 0.6) is 0 Å². The van der Waals surface area contributed by atoms with Crippen LogP contribution >= 0.6 is 11.6 Å². The van der Waals surface area contributed by atoms with Gasteiger partial charge in [-0.2, -0.15) is 5.90 Å². The Hall–Kier alpha value is -1.06. The molecule has 14 heavy (non-hydrogen) atoms. The summed E-state index contributed by atoms with van der Waals surface area (Å²) in [5.74, 6) is 4.11. The van der Waals surface area contributed by atoms with Crippen LogP contribution in [-0.2, 0) is 9.63 Å². The maximum atomic E-state index is 11.2. The number of benzene rings is 1. The summed E-state index contributed by atoms with van der Waals surface area (Å²) in [6, 6.07) is 7.08. The molecule has 0 fully saturated rings. The molecule has 1 aromatic rings. The normalized spacial score (nSPS) is 12.2. The number of carbonyl (C=O) groups is 1. The molecule has 0 radical (unpaired) electrons. The molecule has 2 N–H and O–H groups in total. The summed E-state index contributed by atoms with van der Waals surface area (Å²) in [6.07, 6.45) is 0.650. The fourth-order valence-electron chi connectivity index (χ4n) is 1.32. The summed E-state index contributed by atoms with van der Waals surface area (Å²) in [5.41, 5.74) is 0.868. The van der Waals surface area contributed by atoms with Gasteiger partial charge < -0.3 is 4.84 Å². The summed E-state index contributed by atoms with van der Waals surface area (Å²) < 4.78 is 0. The van der Waals surface area contributed by atoms with Crippen molar-refractivity contribution in [1.29, 1.82) is 0 Å². The lowest BCUT2D eigenvalue weighted by Gasteiger charge is -2.11. The minimum atomic E-state index is -0.421. The average Bonchev–Trinajstić information content (AvgIpc) is 2.21. The monoisotopic (exact) mass is 213 g/mol. The van der Waals surface area contributed by atoms with E-state index in [1.807, 2.05) is 6.92 Å². The Balaban J connectivity index is 2.89. The van der Waals surface area contributed by atoms with Crippen LogP contribution in [0.1, 0.15) is 24.8 Å². The molecule has 4 heteroatoms. The third-order valence-corrected chi connectivity index (χ3v) is 2.33. The summed E-state index contributed by atoms with van der Waals surface area (Å²) >= 11 is 5.73. The maximum Gasteiger partial charge on any atom is 0.331 e. The van der Waals surface area contributed by atoms with Crippen LogP contribution in [0.3, 0.4) is 0 Å². The first kappa shape index (κ1) is 11.0. The van der Waals surface area contributed by atoms with Crippen molar-refractivity contribution in [3.8, 4) is 0 Å². The molecule has 1 rings (SSSR count). The van der Waals surface area contributed by atoms with Crippen molar-refractivity contribution in [2.24, 2.45) is 5.90 Å². The highest BCUT2D eigenvalue weighted by Crippen LogP contribution is 2.22. The topological polar surface area (TPSA) is 52.3 Å². The van der Waals surface area contributed by atoms with Gasteiger partial charge in [0, 0.05) is 5.02 Å². The van der Waals surface area contributed by atoms with Gasteiger partial charge >= 0.3 is 5.97 Å². The minimum Gasteiger partial charge on any atom is -0.373 e. The highest BCUT2D eigenvalue weighted by atomic mass is 35.5. The third kappa shape index (κ3) is 2.47. The summed E-state index contributed by atoms with van der Waals surface area (Å²) in [4.78, 5) is 15.5. The van der Waals surface area contributed by atoms with E-state index in [9.17, 15) is 4.79 Å². The Kier molecular flexibility index (Phi) is 3.92. The first-order chi connectivity index (χ1) is 6.69. The minimum absolute atomic E-state index is 0.308. The zero-order chi connectivity index (χ0) is 10.6. The molecule has 76 valence electrons. The van der Waals surface area contributed by atoms with Crippen LogP contribution in [-0.4, -0.2) is 5.97 Å². The van der Waals surface area contributed by atoms with E-state index >= 15 is 0 Å². The van der Waals surface area contributed by atoms with Gasteiger partial charge in [-0.05, 0) is 24.1 Å². The molecular formula is C10H12ClNO2. The SMILES string of the molecule is CC[C@H](C(=O)ON)c1ccc(Cl)cc1. The van der Waals surface area contributed by atoms with Crippen LogP contribution in [0.15, 0.2) is 24.3 Å². The molecule has 1 aromatic carbocycles. The van der Waals surface area contributed by atoms with Crippen molar-refractivity contribution in [2.75, 3.05) is 0 Å². The Morgan fingerprint density at radius 2 is 2.07 bits per heavy atom. The summed E-state index contributed by atoms with van der Waals surface area (Å²) in [5, 5.41) is 0.643. The largest absolute Gasteiger partial charge is 0.373 e. The van der Waals surface area contributed by atoms with Crippen molar-refractivity contribution in [1.82, 2.24) is 0 Å². The standard InChI is InChI=1S/C10H12ClNO2/c1-2-9(10(13)14-12)7-3-5-8(11)6-4-7/h3-6,9H,2,12H2,1H3/t9-/m0/s1. The Labute approximate surface area is 87.8 Å². The molecule has 0 bridgehead atoms. The van der Waals surface area contributed by atoms with Gasteiger partial charge in [0.05, 0.1) is 5.92 Å². The van der Waals surface area contributed by atoms with Crippen LogP contribution in [0.2, 0.25) is 5.02 Å². The second-order valence-corrected chi connectivity index (χ2v) is 3.39. The third-order valence-electron chi connectivity index (χ3n) is 2.08. The van der Waals surface area contributed by atoms with Gasteiger partial charge in [0.25, 0.3) is 0 Å². The molecule has 0 amide bonds. The number of carbonyl (C=O) groups excluding carboxylic acids is 1. The van der Waals surface area contributed by atoms with Gasteiger partial charge in [-0.3, -0.25) is 0 Å². The number of hydrogen-bond acceptors (Lipinski definition) is 3. The Bertz CT molecular complexity index is 310. The number of nitrogens with two attached hydrogens (primary N) is 1. The number of hydrogen-bond donors (Lipinski definition) is 1. The molecule has 0 unspecified atom stereocenters. The van der Waals surface area contributed by atoms with E-state index in [2.05, 4.69) is 4.84 Å². The van der Waals surface area contributed by atoms with Crippen molar-refractivity contribution < 1.29 is 9.63 Å². The van der Waals surface area contributed by atoms with E-state index in [1.54, 1.807) is 24.3 Å². The van der Waals surface area contributed by atoms with E-state index in [-0.39, 0.29) is 5.92 Å². The zero-order valence-electron chi connectivity index (χ0n) is 7.87. The van der Waals surface area contributed by atoms with Crippen molar-refractivity contribution in [3.63, 3.8) is 0 Å². The van der Waals surface area contributed by atoms with Gasteiger partial charge in [0.15, 0.2) is 0 Å². The quantitative estimate of drug-likeness (QED) is 0.784. The lowest BCUT2D eigenvalue weighted by atomic mass is 9.97. The van der Waals surface area contributed by atoms with Gasteiger partial charge in [0.1, 0.15) is 0 Å².